The number of halogens is 1. The standard InChI is InChI=1S/C19H12ClN3/c20-14-9-6-12-17-18(14)21-19-22(13-7-2-1-3-8-13)15-10-4-5-11-16(15)23(17)19/h1-12H. The summed E-state index contributed by atoms with van der Waals surface area (Å²) >= 11 is 6.35. The highest BCUT2D eigenvalue weighted by Crippen LogP contribution is 2.31. The van der Waals surface area contributed by atoms with E-state index in [0.29, 0.717) is 5.02 Å². The molecule has 0 atom stereocenters. The van der Waals surface area contributed by atoms with Crippen LogP contribution in [0.3, 0.4) is 0 Å². The van der Waals surface area contributed by atoms with Crippen molar-refractivity contribution < 1.29 is 0 Å². The van der Waals surface area contributed by atoms with Crippen LogP contribution in [-0.2, 0) is 0 Å². The van der Waals surface area contributed by atoms with E-state index in [1.165, 1.54) is 0 Å². The zero-order chi connectivity index (χ0) is 15.4. The van der Waals surface area contributed by atoms with Crippen LogP contribution in [0.1, 0.15) is 0 Å². The molecule has 3 aromatic carbocycles. The SMILES string of the molecule is Clc1cccc2c1nc1n(-c3ccccc3)c3ccccc3n21. The highest BCUT2D eigenvalue weighted by molar-refractivity contribution is 6.35. The monoisotopic (exact) mass is 317 g/mol. The molecule has 0 radical (unpaired) electrons. The van der Waals surface area contributed by atoms with Gasteiger partial charge in [0, 0.05) is 5.69 Å². The fourth-order valence-electron chi connectivity index (χ4n) is 3.22. The number of rotatable bonds is 1. The van der Waals surface area contributed by atoms with Gasteiger partial charge in [-0.15, -0.1) is 0 Å². The highest BCUT2D eigenvalue weighted by Gasteiger charge is 2.17. The maximum atomic E-state index is 6.35. The molecule has 2 heterocycles. The Kier molecular flexibility index (Phi) is 2.55. The lowest BCUT2D eigenvalue weighted by Crippen LogP contribution is -1.94. The second-order valence-electron chi connectivity index (χ2n) is 5.51. The molecule has 110 valence electrons. The van der Waals surface area contributed by atoms with E-state index >= 15 is 0 Å². The molecule has 5 aromatic rings. The minimum atomic E-state index is 0.676. The number of para-hydroxylation sites is 4. The van der Waals surface area contributed by atoms with E-state index in [2.05, 4.69) is 45.4 Å². The molecule has 2 aromatic heterocycles. The summed E-state index contributed by atoms with van der Waals surface area (Å²) in [6.07, 6.45) is 0. The Morgan fingerprint density at radius 2 is 1.39 bits per heavy atom. The first-order valence-corrected chi connectivity index (χ1v) is 7.84. The summed E-state index contributed by atoms with van der Waals surface area (Å²) in [4.78, 5) is 4.82. The molecule has 0 saturated heterocycles. The van der Waals surface area contributed by atoms with Gasteiger partial charge in [0.2, 0.25) is 5.78 Å². The Morgan fingerprint density at radius 1 is 0.696 bits per heavy atom. The summed E-state index contributed by atoms with van der Waals surface area (Å²) in [5, 5.41) is 0.676. The fraction of sp³-hybridized carbons (Fsp3) is 0. The summed E-state index contributed by atoms with van der Waals surface area (Å²) in [7, 11) is 0. The molecule has 3 nitrogen and oxygen atoms in total. The summed E-state index contributed by atoms with van der Waals surface area (Å²) < 4.78 is 4.34. The van der Waals surface area contributed by atoms with Crippen LogP contribution in [0.2, 0.25) is 5.02 Å². The minimum absolute atomic E-state index is 0.676. The smallest absolute Gasteiger partial charge is 0.220 e. The number of nitrogens with zero attached hydrogens (tertiary/aromatic N) is 3. The minimum Gasteiger partial charge on any atom is -0.278 e. The van der Waals surface area contributed by atoms with Crippen molar-refractivity contribution in [2.24, 2.45) is 0 Å². The van der Waals surface area contributed by atoms with E-state index in [1.807, 2.05) is 36.4 Å². The van der Waals surface area contributed by atoms with Gasteiger partial charge in [0.25, 0.3) is 0 Å². The summed E-state index contributed by atoms with van der Waals surface area (Å²) in [6, 6.07) is 24.5. The van der Waals surface area contributed by atoms with Crippen LogP contribution in [-0.4, -0.2) is 14.0 Å². The number of imidazole rings is 2. The van der Waals surface area contributed by atoms with Gasteiger partial charge >= 0.3 is 0 Å². The molecule has 0 fully saturated rings. The molecule has 0 unspecified atom stereocenters. The van der Waals surface area contributed by atoms with Crippen molar-refractivity contribution in [2.45, 2.75) is 0 Å². The van der Waals surface area contributed by atoms with Gasteiger partial charge in [-0.1, -0.05) is 48.0 Å². The third kappa shape index (κ3) is 1.68. The number of aromatic nitrogens is 3. The number of benzene rings is 3. The van der Waals surface area contributed by atoms with E-state index < -0.39 is 0 Å². The summed E-state index contributed by atoms with van der Waals surface area (Å²) in [5.41, 5.74) is 5.20. The van der Waals surface area contributed by atoms with E-state index in [1.54, 1.807) is 0 Å². The van der Waals surface area contributed by atoms with Gasteiger partial charge in [-0.3, -0.25) is 8.97 Å². The molecule has 0 bridgehead atoms. The van der Waals surface area contributed by atoms with E-state index in [9.17, 15) is 0 Å². The molecule has 0 aliphatic rings. The molecule has 23 heavy (non-hydrogen) atoms. The second kappa shape index (κ2) is 4.61. The number of hydrogen-bond donors (Lipinski definition) is 0. The van der Waals surface area contributed by atoms with Crippen LogP contribution in [0.15, 0.2) is 72.8 Å². The average molecular weight is 318 g/mol. The fourth-order valence-corrected chi connectivity index (χ4v) is 3.43. The molecule has 4 heteroatoms. The first kappa shape index (κ1) is 12.7. The lowest BCUT2D eigenvalue weighted by Gasteiger charge is -2.04. The summed E-state index contributed by atoms with van der Waals surface area (Å²) in [5.74, 6) is 0.875. The number of fused-ring (bicyclic) bond motifs is 5. The van der Waals surface area contributed by atoms with Crippen LogP contribution < -0.4 is 0 Å². The van der Waals surface area contributed by atoms with Crippen molar-refractivity contribution in [3.63, 3.8) is 0 Å². The van der Waals surface area contributed by atoms with Gasteiger partial charge in [-0.05, 0) is 36.4 Å². The normalized spacial score (nSPS) is 11.7. The van der Waals surface area contributed by atoms with Crippen LogP contribution in [0, 0.1) is 0 Å². The molecule has 5 rings (SSSR count). The van der Waals surface area contributed by atoms with Gasteiger partial charge in [0.05, 0.1) is 21.6 Å². The van der Waals surface area contributed by atoms with E-state index in [0.717, 1.165) is 33.5 Å². The Hall–Kier alpha value is -2.78. The molecular formula is C19H12ClN3. The highest BCUT2D eigenvalue weighted by atomic mass is 35.5. The Morgan fingerprint density at radius 3 is 2.22 bits per heavy atom. The van der Waals surface area contributed by atoms with Crippen molar-refractivity contribution in [3.8, 4) is 5.69 Å². The van der Waals surface area contributed by atoms with Crippen LogP contribution in [0.25, 0.3) is 33.5 Å². The Bertz CT molecular complexity index is 1170. The maximum Gasteiger partial charge on any atom is 0.220 e. The quantitative estimate of drug-likeness (QED) is 0.422. The topological polar surface area (TPSA) is 22.2 Å². The Balaban J connectivity index is 2.07. The summed E-state index contributed by atoms with van der Waals surface area (Å²) in [6.45, 7) is 0. The first-order valence-electron chi connectivity index (χ1n) is 7.46. The third-order valence-corrected chi connectivity index (χ3v) is 4.50. The molecule has 0 N–H and O–H groups in total. The molecule has 0 saturated carbocycles. The Labute approximate surface area is 137 Å². The van der Waals surface area contributed by atoms with Gasteiger partial charge < -0.3 is 0 Å². The van der Waals surface area contributed by atoms with Crippen LogP contribution in [0.4, 0.5) is 0 Å². The lowest BCUT2D eigenvalue weighted by molar-refractivity contribution is 1.11. The zero-order valence-electron chi connectivity index (χ0n) is 12.1. The zero-order valence-corrected chi connectivity index (χ0v) is 12.9. The van der Waals surface area contributed by atoms with Crippen LogP contribution >= 0.6 is 11.6 Å². The maximum absolute atomic E-state index is 6.35. The number of hydrogen-bond acceptors (Lipinski definition) is 1. The molecule has 0 aliphatic heterocycles. The van der Waals surface area contributed by atoms with Crippen LogP contribution in [0.5, 0.6) is 0 Å². The second-order valence-corrected chi connectivity index (χ2v) is 5.92. The lowest BCUT2D eigenvalue weighted by atomic mass is 10.2. The van der Waals surface area contributed by atoms with Crippen molar-refractivity contribution in [1.82, 2.24) is 14.0 Å². The molecule has 0 spiro atoms. The van der Waals surface area contributed by atoms with Crippen molar-refractivity contribution >= 4 is 39.4 Å². The predicted molar refractivity (Wildman–Crippen MR) is 94.5 cm³/mol. The van der Waals surface area contributed by atoms with Crippen molar-refractivity contribution in [1.29, 1.82) is 0 Å². The molecule has 0 amide bonds. The van der Waals surface area contributed by atoms with Gasteiger partial charge in [-0.25, -0.2) is 4.98 Å². The van der Waals surface area contributed by atoms with E-state index in [-0.39, 0.29) is 0 Å². The van der Waals surface area contributed by atoms with Gasteiger partial charge in [-0.2, -0.15) is 0 Å². The third-order valence-electron chi connectivity index (χ3n) is 4.20. The van der Waals surface area contributed by atoms with Crippen molar-refractivity contribution in [2.75, 3.05) is 0 Å². The van der Waals surface area contributed by atoms with Gasteiger partial charge in [0.15, 0.2) is 0 Å². The first-order chi connectivity index (χ1) is 11.3. The average Bonchev–Trinajstić information content (AvgIpc) is 3.11. The van der Waals surface area contributed by atoms with E-state index in [4.69, 9.17) is 16.6 Å². The van der Waals surface area contributed by atoms with Gasteiger partial charge in [0.1, 0.15) is 5.52 Å². The molecule has 0 aliphatic carbocycles. The largest absolute Gasteiger partial charge is 0.278 e. The molecular weight excluding hydrogens is 306 g/mol. The van der Waals surface area contributed by atoms with Crippen molar-refractivity contribution in [3.05, 3.63) is 77.8 Å². The predicted octanol–water partition coefficient (Wildman–Crippen LogP) is 5.08.